The van der Waals surface area contributed by atoms with E-state index in [-0.39, 0.29) is 0 Å². The highest BCUT2D eigenvalue weighted by Crippen LogP contribution is 2.27. The van der Waals surface area contributed by atoms with Crippen LogP contribution < -0.4 is 5.73 Å². The Bertz CT molecular complexity index is 811. The molecule has 2 nitrogen and oxygen atoms in total. The van der Waals surface area contributed by atoms with E-state index < -0.39 is 5.91 Å². The molecule has 0 atom stereocenters. The summed E-state index contributed by atoms with van der Waals surface area (Å²) in [4.78, 5) is 12.0. The molecule has 0 aliphatic rings. The van der Waals surface area contributed by atoms with Crippen LogP contribution in [0.1, 0.15) is 10.4 Å². The number of amides is 1. The van der Waals surface area contributed by atoms with Crippen molar-refractivity contribution < 1.29 is 4.79 Å². The molecule has 3 rings (SSSR count). The third kappa shape index (κ3) is 2.28. The maximum atomic E-state index is 11.4. The smallest absolute Gasteiger partial charge is 0.249 e. The minimum atomic E-state index is -0.461. The lowest BCUT2D eigenvalue weighted by atomic mass is 9.99. The van der Waals surface area contributed by atoms with Crippen LogP contribution in [0.4, 0.5) is 0 Å². The molecule has 0 unspecified atom stereocenters. The number of hydrogen-bond acceptors (Lipinski definition) is 2. The van der Waals surface area contributed by atoms with Crippen LogP contribution in [-0.4, -0.2) is 5.91 Å². The standard InChI is InChI=1S/C17H13NOS/c18-17(19)15-10-14(7-8-16(15)20)13-6-5-11-3-1-2-4-12(11)9-13/h1-10,20H,(H2,18,19). The predicted octanol–water partition coefficient (Wildman–Crippen LogP) is 3.89. The molecule has 0 aliphatic carbocycles. The van der Waals surface area contributed by atoms with Crippen LogP contribution >= 0.6 is 12.6 Å². The minimum Gasteiger partial charge on any atom is -0.366 e. The molecule has 1 amide bonds. The van der Waals surface area contributed by atoms with Crippen molar-refractivity contribution in [2.45, 2.75) is 4.90 Å². The Morgan fingerprint density at radius 2 is 1.50 bits per heavy atom. The molecule has 0 fully saturated rings. The first-order chi connectivity index (χ1) is 9.65. The van der Waals surface area contributed by atoms with Crippen LogP contribution in [0.5, 0.6) is 0 Å². The van der Waals surface area contributed by atoms with Crippen LogP contribution in [0.2, 0.25) is 0 Å². The molecule has 0 aliphatic heterocycles. The lowest BCUT2D eigenvalue weighted by Gasteiger charge is -2.07. The zero-order chi connectivity index (χ0) is 14.1. The summed E-state index contributed by atoms with van der Waals surface area (Å²) < 4.78 is 0. The van der Waals surface area contributed by atoms with Crippen LogP contribution in [0.15, 0.2) is 65.6 Å². The van der Waals surface area contributed by atoms with Gasteiger partial charge in [0.2, 0.25) is 5.91 Å². The van der Waals surface area contributed by atoms with Gasteiger partial charge in [-0.3, -0.25) is 4.79 Å². The molecule has 20 heavy (non-hydrogen) atoms. The SMILES string of the molecule is NC(=O)c1cc(-c2ccc3ccccc3c2)ccc1S. The number of nitrogens with two attached hydrogens (primary N) is 1. The number of hydrogen-bond donors (Lipinski definition) is 2. The fourth-order valence-corrected chi connectivity index (χ4v) is 2.53. The Balaban J connectivity index is 2.15. The summed E-state index contributed by atoms with van der Waals surface area (Å²) in [5.74, 6) is -0.461. The van der Waals surface area contributed by atoms with Crippen LogP contribution in [0.25, 0.3) is 21.9 Å². The fraction of sp³-hybridized carbons (Fsp3) is 0. The highest BCUT2D eigenvalue weighted by molar-refractivity contribution is 7.80. The summed E-state index contributed by atoms with van der Waals surface area (Å²) in [5, 5.41) is 2.36. The summed E-state index contributed by atoms with van der Waals surface area (Å²) in [6.45, 7) is 0. The first-order valence-corrected chi connectivity index (χ1v) is 6.72. The van der Waals surface area contributed by atoms with E-state index in [1.165, 1.54) is 10.8 Å². The second-order valence-electron chi connectivity index (χ2n) is 4.66. The molecule has 0 radical (unpaired) electrons. The minimum absolute atomic E-state index is 0.444. The lowest BCUT2D eigenvalue weighted by molar-refractivity contribution is 0.0997. The number of carbonyl (C=O) groups excluding carboxylic acids is 1. The van der Waals surface area contributed by atoms with Crippen molar-refractivity contribution in [3.63, 3.8) is 0 Å². The molecular formula is C17H13NOS. The third-order valence-corrected chi connectivity index (χ3v) is 3.73. The molecule has 3 aromatic rings. The summed E-state index contributed by atoms with van der Waals surface area (Å²) in [6.07, 6.45) is 0. The van der Waals surface area contributed by atoms with E-state index in [0.29, 0.717) is 10.5 Å². The summed E-state index contributed by atoms with van der Waals surface area (Å²) in [6, 6.07) is 19.9. The number of carbonyl (C=O) groups is 1. The number of benzene rings is 3. The quantitative estimate of drug-likeness (QED) is 0.687. The van der Waals surface area contributed by atoms with Gasteiger partial charge in [-0.1, -0.05) is 42.5 Å². The van der Waals surface area contributed by atoms with Gasteiger partial charge in [-0.15, -0.1) is 12.6 Å². The van der Waals surface area contributed by atoms with Gasteiger partial charge in [0, 0.05) is 4.90 Å². The van der Waals surface area contributed by atoms with E-state index in [2.05, 4.69) is 36.9 Å². The Morgan fingerprint density at radius 1 is 0.850 bits per heavy atom. The van der Waals surface area contributed by atoms with E-state index in [1.807, 2.05) is 24.3 Å². The molecule has 0 spiro atoms. The number of fused-ring (bicyclic) bond motifs is 1. The average molecular weight is 279 g/mol. The second-order valence-corrected chi connectivity index (χ2v) is 5.14. The molecule has 0 aromatic heterocycles. The topological polar surface area (TPSA) is 43.1 Å². The molecule has 0 bridgehead atoms. The van der Waals surface area contributed by atoms with Crippen LogP contribution in [0, 0.1) is 0 Å². The number of thiol groups is 1. The van der Waals surface area contributed by atoms with Crippen molar-refractivity contribution >= 4 is 29.3 Å². The Labute approximate surface area is 122 Å². The third-order valence-electron chi connectivity index (χ3n) is 3.34. The molecule has 0 saturated carbocycles. The highest BCUT2D eigenvalue weighted by atomic mass is 32.1. The van der Waals surface area contributed by atoms with Crippen molar-refractivity contribution in [2.75, 3.05) is 0 Å². The average Bonchev–Trinajstić information content (AvgIpc) is 2.47. The summed E-state index contributed by atoms with van der Waals surface area (Å²) in [7, 11) is 0. The molecule has 0 heterocycles. The van der Waals surface area contributed by atoms with E-state index in [1.54, 1.807) is 12.1 Å². The molecule has 3 heteroatoms. The van der Waals surface area contributed by atoms with Gasteiger partial charge >= 0.3 is 0 Å². The van der Waals surface area contributed by atoms with Crippen molar-refractivity contribution in [1.29, 1.82) is 0 Å². The molecule has 3 aromatic carbocycles. The molecule has 2 N–H and O–H groups in total. The first-order valence-electron chi connectivity index (χ1n) is 6.27. The number of primary amides is 1. The molecule has 0 saturated heterocycles. The fourth-order valence-electron chi connectivity index (χ4n) is 2.28. The highest BCUT2D eigenvalue weighted by Gasteiger charge is 2.08. The van der Waals surface area contributed by atoms with Gasteiger partial charge < -0.3 is 5.73 Å². The molecule has 98 valence electrons. The lowest BCUT2D eigenvalue weighted by Crippen LogP contribution is -2.11. The predicted molar refractivity (Wildman–Crippen MR) is 85.2 cm³/mol. The monoisotopic (exact) mass is 279 g/mol. The Morgan fingerprint density at radius 3 is 2.25 bits per heavy atom. The zero-order valence-electron chi connectivity index (χ0n) is 10.7. The van der Waals surface area contributed by atoms with Gasteiger partial charge in [0.25, 0.3) is 0 Å². The van der Waals surface area contributed by atoms with Crippen molar-refractivity contribution in [3.05, 3.63) is 66.2 Å². The van der Waals surface area contributed by atoms with Gasteiger partial charge in [0.05, 0.1) is 5.56 Å². The van der Waals surface area contributed by atoms with E-state index >= 15 is 0 Å². The van der Waals surface area contributed by atoms with E-state index in [4.69, 9.17) is 5.73 Å². The van der Waals surface area contributed by atoms with Crippen molar-refractivity contribution in [2.24, 2.45) is 5.73 Å². The maximum absolute atomic E-state index is 11.4. The first kappa shape index (κ1) is 12.8. The van der Waals surface area contributed by atoms with Crippen molar-refractivity contribution in [3.8, 4) is 11.1 Å². The van der Waals surface area contributed by atoms with E-state index in [9.17, 15) is 4.79 Å². The Hall–Kier alpha value is -2.26. The molecular weight excluding hydrogens is 266 g/mol. The van der Waals surface area contributed by atoms with Crippen molar-refractivity contribution in [1.82, 2.24) is 0 Å². The zero-order valence-corrected chi connectivity index (χ0v) is 11.6. The summed E-state index contributed by atoms with van der Waals surface area (Å²) in [5.41, 5.74) is 7.82. The number of rotatable bonds is 2. The summed E-state index contributed by atoms with van der Waals surface area (Å²) >= 11 is 4.26. The van der Waals surface area contributed by atoms with Crippen LogP contribution in [0.3, 0.4) is 0 Å². The second kappa shape index (κ2) is 5.02. The van der Waals surface area contributed by atoms with E-state index in [0.717, 1.165) is 11.1 Å². The largest absolute Gasteiger partial charge is 0.366 e. The Kier molecular flexibility index (Phi) is 3.20. The normalized spacial score (nSPS) is 10.7. The maximum Gasteiger partial charge on any atom is 0.249 e. The van der Waals surface area contributed by atoms with Gasteiger partial charge in [-0.2, -0.15) is 0 Å². The van der Waals surface area contributed by atoms with Gasteiger partial charge in [0.1, 0.15) is 0 Å². The van der Waals surface area contributed by atoms with Gasteiger partial charge in [-0.05, 0) is 40.1 Å². The van der Waals surface area contributed by atoms with Gasteiger partial charge in [0.15, 0.2) is 0 Å². The van der Waals surface area contributed by atoms with Crippen LogP contribution in [-0.2, 0) is 0 Å². The van der Waals surface area contributed by atoms with Gasteiger partial charge in [-0.25, -0.2) is 0 Å².